The van der Waals surface area contributed by atoms with Crippen LogP contribution in [0.5, 0.6) is 0 Å². The number of nitrogens with one attached hydrogen (secondary N) is 2. The van der Waals surface area contributed by atoms with Gasteiger partial charge in [0.05, 0.1) is 24.0 Å². The lowest BCUT2D eigenvalue weighted by Gasteiger charge is -2.10. The lowest BCUT2D eigenvalue weighted by atomic mass is 10.2. The molecule has 206 valence electrons. The van der Waals surface area contributed by atoms with Crippen molar-refractivity contribution >= 4 is 34.5 Å². The van der Waals surface area contributed by atoms with Crippen LogP contribution >= 0.6 is 0 Å². The fourth-order valence-electron chi connectivity index (χ4n) is 4.24. The van der Waals surface area contributed by atoms with Gasteiger partial charge in [0.25, 0.3) is 11.5 Å². The number of pyridine rings is 3. The minimum atomic E-state index is -0.438. The van der Waals surface area contributed by atoms with Crippen LogP contribution in [0.25, 0.3) is 17.0 Å². The number of fused-ring (bicyclic) bond motifs is 1. The Kier molecular flexibility index (Phi) is 8.51. The first-order chi connectivity index (χ1) is 19.9. The zero-order chi connectivity index (χ0) is 28.6. The zero-order valence-corrected chi connectivity index (χ0v) is 22.9. The molecule has 4 aromatic heterocycles. The van der Waals surface area contributed by atoms with E-state index in [9.17, 15) is 9.59 Å². The monoisotopic (exact) mass is 546 g/mol. The van der Waals surface area contributed by atoms with Gasteiger partial charge < -0.3 is 20.1 Å². The molecule has 1 aromatic carbocycles. The number of nitrogens with zero attached hydrogens (tertiary/aromatic N) is 6. The largest absolute Gasteiger partial charge is 0.348 e. The molecule has 0 spiro atoms. The Morgan fingerprint density at radius 3 is 2.63 bits per heavy atom. The van der Waals surface area contributed by atoms with E-state index in [1.165, 1.54) is 16.2 Å². The standard InChI is InChI=1S/C31H30N8O2/c1-38(2)20-22-9-11-25(12-10-22)36-31-35-18-24-16-26(34-19-28(24)37-31)7-4-14-33-29(40)27-8-5-15-39(30(27)41)21-23-6-3-13-32-17-23/h3-13,15-19H,14,20-21H2,1-2H3,(H,33,40)(H,35,36,37)/b7-4+. The highest BCUT2D eigenvalue weighted by molar-refractivity contribution is 5.93. The molecule has 0 radical (unpaired) electrons. The third-order valence-electron chi connectivity index (χ3n) is 6.21. The molecule has 10 nitrogen and oxygen atoms in total. The zero-order valence-electron chi connectivity index (χ0n) is 22.9. The molecule has 2 N–H and O–H groups in total. The molecule has 10 heteroatoms. The van der Waals surface area contributed by atoms with E-state index < -0.39 is 5.91 Å². The average Bonchev–Trinajstić information content (AvgIpc) is 2.97. The minimum Gasteiger partial charge on any atom is -0.348 e. The SMILES string of the molecule is CN(C)Cc1ccc(Nc2ncc3cc(/C=C/CNC(=O)c4cccn(Cc5cccnc5)c4=O)ncc3n2)cc1. The first kappa shape index (κ1) is 27.4. The highest BCUT2D eigenvalue weighted by Crippen LogP contribution is 2.18. The maximum Gasteiger partial charge on any atom is 0.263 e. The lowest BCUT2D eigenvalue weighted by molar-refractivity contribution is 0.0956. The van der Waals surface area contributed by atoms with E-state index in [1.54, 1.807) is 49.2 Å². The molecule has 5 rings (SSSR count). The summed E-state index contributed by atoms with van der Waals surface area (Å²) in [6.45, 7) is 1.46. The first-order valence-electron chi connectivity index (χ1n) is 13.1. The number of carbonyl (C=O) groups excluding carboxylic acids is 1. The molecule has 0 aliphatic rings. The maximum atomic E-state index is 12.8. The van der Waals surface area contributed by atoms with Gasteiger partial charge in [0.15, 0.2) is 0 Å². The van der Waals surface area contributed by atoms with Crippen molar-refractivity contribution in [2.24, 2.45) is 0 Å². The molecule has 0 aliphatic carbocycles. The minimum absolute atomic E-state index is 0.0830. The summed E-state index contributed by atoms with van der Waals surface area (Å²) in [6.07, 6.45) is 12.0. The molecule has 0 aliphatic heterocycles. The van der Waals surface area contributed by atoms with Crippen LogP contribution in [0.15, 0.2) is 96.5 Å². The van der Waals surface area contributed by atoms with Crippen LogP contribution < -0.4 is 16.2 Å². The molecule has 1 amide bonds. The number of rotatable bonds is 10. The second-order valence-corrected chi connectivity index (χ2v) is 9.75. The topological polar surface area (TPSA) is 118 Å². The summed E-state index contributed by atoms with van der Waals surface area (Å²) < 4.78 is 1.49. The first-order valence-corrected chi connectivity index (χ1v) is 13.1. The van der Waals surface area contributed by atoms with Crippen molar-refractivity contribution < 1.29 is 4.79 Å². The van der Waals surface area contributed by atoms with Gasteiger partial charge in [-0.05, 0) is 67.7 Å². The highest BCUT2D eigenvalue weighted by atomic mass is 16.2. The lowest BCUT2D eigenvalue weighted by Crippen LogP contribution is -2.33. The predicted octanol–water partition coefficient (Wildman–Crippen LogP) is 3.88. The van der Waals surface area contributed by atoms with Gasteiger partial charge in [-0.3, -0.25) is 19.6 Å². The maximum absolute atomic E-state index is 12.8. The van der Waals surface area contributed by atoms with Crippen LogP contribution in [0.4, 0.5) is 11.6 Å². The Hall–Kier alpha value is -5.22. The van der Waals surface area contributed by atoms with Crippen molar-refractivity contribution in [3.05, 3.63) is 124 Å². The Morgan fingerprint density at radius 2 is 1.85 bits per heavy atom. The predicted molar refractivity (Wildman–Crippen MR) is 160 cm³/mol. The Morgan fingerprint density at radius 1 is 1.00 bits per heavy atom. The van der Waals surface area contributed by atoms with Crippen LogP contribution in [0.3, 0.4) is 0 Å². The van der Waals surface area contributed by atoms with E-state index in [4.69, 9.17) is 0 Å². The van der Waals surface area contributed by atoms with Gasteiger partial charge in [0, 0.05) is 49.0 Å². The smallest absolute Gasteiger partial charge is 0.263 e. The molecule has 5 aromatic rings. The number of benzene rings is 1. The molecular formula is C31H30N8O2. The molecule has 4 heterocycles. The molecule has 0 saturated carbocycles. The summed E-state index contributed by atoms with van der Waals surface area (Å²) in [5.74, 6) is 0.0542. The van der Waals surface area contributed by atoms with Crippen LogP contribution in [-0.2, 0) is 13.1 Å². The average molecular weight is 547 g/mol. The number of hydrogen-bond acceptors (Lipinski definition) is 8. The Bertz CT molecular complexity index is 1730. The van der Waals surface area contributed by atoms with Crippen molar-refractivity contribution in [1.29, 1.82) is 0 Å². The van der Waals surface area contributed by atoms with Crippen molar-refractivity contribution in [2.75, 3.05) is 26.0 Å². The summed E-state index contributed by atoms with van der Waals surface area (Å²) in [5, 5.41) is 6.84. The van der Waals surface area contributed by atoms with Crippen molar-refractivity contribution in [3.8, 4) is 0 Å². The van der Waals surface area contributed by atoms with Crippen molar-refractivity contribution in [3.63, 3.8) is 0 Å². The molecule has 0 unspecified atom stereocenters. The molecule has 0 saturated heterocycles. The van der Waals surface area contributed by atoms with Gasteiger partial charge in [-0.1, -0.05) is 24.3 Å². The highest BCUT2D eigenvalue weighted by Gasteiger charge is 2.11. The van der Waals surface area contributed by atoms with Crippen molar-refractivity contribution in [2.45, 2.75) is 13.1 Å². The Balaban J connectivity index is 1.17. The molecular weight excluding hydrogens is 516 g/mol. The normalized spacial score (nSPS) is 11.3. The summed E-state index contributed by atoms with van der Waals surface area (Å²) in [5.41, 5.74) is 4.15. The van der Waals surface area contributed by atoms with Gasteiger partial charge in [-0.2, -0.15) is 0 Å². The second kappa shape index (κ2) is 12.8. The Labute approximate surface area is 237 Å². The quantitative estimate of drug-likeness (QED) is 0.271. The molecule has 41 heavy (non-hydrogen) atoms. The summed E-state index contributed by atoms with van der Waals surface area (Å²) >= 11 is 0. The number of anilines is 2. The van der Waals surface area contributed by atoms with Crippen molar-refractivity contribution in [1.82, 2.24) is 34.7 Å². The number of carbonyl (C=O) groups is 1. The second-order valence-electron chi connectivity index (χ2n) is 9.75. The van der Waals surface area contributed by atoms with Gasteiger partial charge in [-0.25, -0.2) is 9.97 Å². The molecule has 0 atom stereocenters. The van der Waals surface area contributed by atoms with Gasteiger partial charge in [0.2, 0.25) is 5.95 Å². The van der Waals surface area contributed by atoms with Gasteiger partial charge >= 0.3 is 0 Å². The van der Waals surface area contributed by atoms with E-state index in [-0.39, 0.29) is 17.7 Å². The molecule has 0 fully saturated rings. The third kappa shape index (κ3) is 7.25. The van der Waals surface area contributed by atoms with E-state index in [0.29, 0.717) is 23.7 Å². The van der Waals surface area contributed by atoms with Crippen LogP contribution in [0.2, 0.25) is 0 Å². The number of aromatic nitrogens is 5. The third-order valence-corrected chi connectivity index (χ3v) is 6.21. The van der Waals surface area contributed by atoms with Crippen LogP contribution in [0, 0.1) is 0 Å². The van der Waals surface area contributed by atoms with E-state index in [0.717, 1.165) is 23.2 Å². The number of hydrogen-bond donors (Lipinski definition) is 2. The van der Waals surface area contributed by atoms with Crippen LogP contribution in [-0.4, -0.2) is 56.0 Å². The van der Waals surface area contributed by atoms with E-state index >= 15 is 0 Å². The van der Waals surface area contributed by atoms with Gasteiger partial charge in [-0.15, -0.1) is 0 Å². The summed E-state index contributed by atoms with van der Waals surface area (Å²) in [4.78, 5) is 45.1. The summed E-state index contributed by atoms with van der Waals surface area (Å²) in [7, 11) is 4.08. The fourth-order valence-corrected chi connectivity index (χ4v) is 4.24. The number of amides is 1. The molecule has 0 bridgehead atoms. The van der Waals surface area contributed by atoms with Gasteiger partial charge in [0.1, 0.15) is 5.56 Å². The van der Waals surface area contributed by atoms with E-state index in [1.807, 2.05) is 44.4 Å². The van der Waals surface area contributed by atoms with E-state index in [2.05, 4.69) is 47.6 Å². The summed E-state index contributed by atoms with van der Waals surface area (Å²) in [6, 6.07) is 16.9. The van der Waals surface area contributed by atoms with Crippen LogP contribution in [0.1, 0.15) is 27.2 Å². The fraction of sp³-hybridized carbons (Fsp3) is 0.161.